The summed E-state index contributed by atoms with van der Waals surface area (Å²) in [6, 6.07) is 0.861. The Hall–Kier alpha value is -0.170. The van der Waals surface area contributed by atoms with E-state index in [0.717, 1.165) is 12.8 Å². The van der Waals surface area contributed by atoms with E-state index in [1.165, 1.54) is 6.42 Å². The fraction of sp³-hybridized carbons (Fsp3) is 1.00. The smallest absolute Gasteiger partial charge is 0.216 e. The predicted octanol–water partition coefficient (Wildman–Crippen LogP) is 0.568. The van der Waals surface area contributed by atoms with Gasteiger partial charge in [0.05, 0.1) is 18.5 Å². The maximum atomic E-state index is 12.2. The van der Waals surface area contributed by atoms with Crippen molar-refractivity contribution in [2.24, 2.45) is 0 Å². The van der Waals surface area contributed by atoms with Crippen LogP contribution in [0.5, 0.6) is 0 Å². The van der Waals surface area contributed by atoms with Crippen molar-refractivity contribution in [1.82, 2.24) is 9.62 Å². The number of fused-ring (bicyclic) bond motifs is 2. The summed E-state index contributed by atoms with van der Waals surface area (Å²) in [5.41, 5.74) is 0. The molecule has 0 radical (unpaired) electrons. The van der Waals surface area contributed by atoms with Crippen LogP contribution in [0.1, 0.15) is 33.1 Å². The summed E-state index contributed by atoms with van der Waals surface area (Å²) in [6.45, 7) is 5.40. The molecule has 2 aliphatic heterocycles. The van der Waals surface area contributed by atoms with Crippen LogP contribution in [0.15, 0.2) is 0 Å². The maximum absolute atomic E-state index is 12.2. The van der Waals surface area contributed by atoms with Crippen LogP contribution in [0, 0.1) is 0 Å². The van der Waals surface area contributed by atoms with E-state index in [-0.39, 0.29) is 18.5 Å². The summed E-state index contributed by atoms with van der Waals surface area (Å²) in [6.07, 6.45) is 3.30. The predicted molar refractivity (Wildman–Crippen MR) is 71.0 cm³/mol. The fourth-order valence-corrected chi connectivity index (χ4v) is 4.04. The van der Waals surface area contributed by atoms with E-state index in [9.17, 15) is 8.42 Å². The van der Waals surface area contributed by atoms with Gasteiger partial charge in [0.15, 0.2) is 0 Å². The van der Waals surface area contributed by atoms with Crippen LogP contribution in [0.25, 0.3) is 0 Å². The second kappa shape index (κ2) is 5.86. The van der Waals surface area contributed by atoms with Crippen LogP contribution in [-0.2, 0) is 14.8 Å². The third-order valence-corrected chi connectivity index (χ3v) is 5.47. The van der Waals surface area contributed by atoms with Crippen LogP contribution < -0.4 is 5.32 Å². The Morgan fingerprint density at radius 2 is 2.00 bits per heavy atom. The number of rotatable bonds is 5. The SMILES string of the molecule is CC(C)OCCS(=O)(=O)N1CCC2CCC(C1)N2. The molecule has 106 valence electrons. The molecule has 0 aromatic rings. The van der Waals surface area contributed by atoms with Crippen molar-refractivity contribution >= 4 is 10.0 Å². The van der Waals surface area contributed by atoms with Crippen molar-refractivity contribution in [1.29, 1.82) is 0 Å². The van der Waals surface area contributed by atoms with Crippen molar-refractivity contribution < 1.29 is 13.2 Å². The van der Waals surface area contributed by atoms with E-state index in [1.807, 2.05) is 13.8 Å². The van der Waals surface area contributed by atoms with Gasteiger partial charge in [-0.1, -0.05) is 0 Å². The molecule has 2 heterocycles. The lowest BCUT2D eigenvalue weighted by Gasteiger charge is -2.23. The standard InChI is InChI=1S/C12H24N2O3S/c1-10(2)17-7-8-18(15,16)14-6-5-11-3-4-12(9-14)13-11/h10-13H,3-9H2,1-2H3. The lowest BCUT2D eigenvalue weighted by Crippen LogP contribution is -2.40. The van der Waals surface area contributed by atoms with Crippen molar-refractivity contribution in [2.75, 3.05) is 25.4 Å². The van der Waals surface area contributed by atoms with Crippen molar-refractivity contribution in [2.45, 2.75) is 51.3 Å². The van der Waals surface area contributed by atoms with Crippen LogP contribution in [0.2, 0.25) is 0 Å². The molecule has 5 nitrogen and oxygen atoms in total. The highest BCUT2D eigenvalue weighted by Gasteiger charge is 2.33. The summed E-state index contributed by atoms with van der Waals surface area (Å²) in [5.74, 6) is 0.0998. The van der Waals surface area contributed by atoms with Gasteiger partial charge >= 0.3 is 0 Å². The average Bonchev–Trinajstić information content (AvgIpc) is 2.56. The normalized spacial score (nSPS) is 29.7. The quantitative estimate of drug-likeness (QED) is 0.797. The van der Waals surface area contributed by atoms with E-state index in [4.69, 9.17) is 4.74 Å². The molecule has 0 amide bonds. The summed E-state index contributed by atoms with van der Waals surface area (Å²) in [4.78, 5) is 0. The van der Waals surface area contributed by atoms with Gasteiger partial charge in [-0.15, -0.1) is 0 Å². The van der Waals surface area contributed by atoms with Gasteiger partial charge in [-0.25, -0.2) is 12.7 Å². The van der Waals surface area contributed by atoms with Crippen molar-refractivity contribution in [3.8, 4) is 0 Å². The molecule has 2 rings (SSSR count). The van der Waals surface area contributed by atoms with Gasteiger partial charge < -0.3 is 10.1 Å². The molecule has 2 bridgehead atoms. The number of ether oxygens (including phenoxy) is 1. The van der Waals surface area contributed by atoms with Gasteiger partial charge in [0.1, 0.15) is 0 Å². The van der Waals surface area contributed by atoms with E-state index in [2.05, 4.69) is 5.32 Å². The minimum atomic E-state index is -3.16. The molecular formula is C12H24N2O3S. The highest BCUT2D eigenvalue weighted by atomic mass is 32.2. The number of sulfonamides is 1. The molecule has 2 fully saturated rings. The molecule has 2 saturated heterocycles. The molecule has 6 heteroatoms. The van der Waals surface area contributed by atoms with Crippen LogP contribution in [0.3, 0.4) is 0 Å². The molecule has 0 aromatic heterocycles. The Balaban J connectivity index is 1.89. The van der Waals surface area contributed by atoms with E-state index < -0.39 is 10.0 Å². The Kier molecular flexibility index (Phi) is 4.64. The van der Waals surface area contributed by atoms with Crippen LogP contribution in [0.4, 0.5) is 0 Å². The highest BCUT2D eigenvalue weighted by Crippen LogP contribution is 2.22. The molecule has 0 aliphatic carbocycles. The first-order chi connectivity index (χ1) is 8.47. The molecular weight excluding hydrogens is 252 g/mol. The van der Waals surface area contributed by atoms with Gasteiger partial charge in [-0.3, -0.25) is 0 Å². The Labute approximate surface area is 110 Å². The summed E-state index contributed by atoms with van der Waals surface area (Å²) in [7, 11) is -3.16. The molecule has 0 spiro atoms. The Morgan fingerprint density at radius 1 is 1.28 bits per heavy atom. The zero-order valence-electron chi connectivity index (χ0n) is 11.3. The van der Waals surface area contributed by atoms with E-state index in [0.29, 0.717) is 25.2 Å². The maximum Gasteiger partial charge on any atom is 0.216 e. The Morgan fingerprint density at radius 3 is 2.72 bits per heavy atom. The van der Waals surface area contributed by atoms with Gasteiger partial charge in [0.2, 0.25) is 10.0 Å². The third-order valence-electron chi connectivity index (χ3n) is 3.67. The summed E-state index contributed by atoms with van der Waals surface area (Å²) in [5, 5.41) is 3.49. The second-order valence-electron chi connectivity index (χ2n) is 5.52. The lowest BCUT2D eigenvalue weighted by molar-refractivity contribution is 0.0906. The third kappa shape index (κ3) is 3.66. The highest BCUT2D eigenvalue weighted by molar-refractivity contribution is 7.89. The van der Waals surface area contributed by atoms with Gasteiger partial charge in [0, 0.05) is 25.2 Å². The Bertz CT molecular complexity index is 370. The minimum absolute atomic E-state index is 0.0852. The van der Waals surface area contributed by atoms with Crippen LogP contribution >= 0.6 is 0 Å². The molecule has 2 aliphatic rings. The first-order valence-corrected chi connectivity index (χ1v) is 8.44. The number of nitrogens with one attached hydrogen (secondary N) is 1. The fourth-order valence-electron chi connectivity index (χ4n) is 2.68. The van der Waals surface area contributed by atoms with E-state index >= 15 is 0 Å². The first kappa shape index (κ1) is 14.2. The van der Waals surface area contributed by atoms with Crippen molar-refractivity contribution in [3.05, 3.63) is 0 Å². The second-order valence-corrected chi connectivity index (χ2v) is 7.61. The molecule has 1 N–H and O–H groups in total. The van der Waals surface area contributed by atoms with Crippen LogP contribution in [-0.4, -0.2) is 56.4 Å². The lowest BCUT2D eigenvalue weighted by atomic mass is 10.1. The van der Waals surface area contributed by atoms with Gasteiger partial charge in [-0.2, -0.15) is 0 Å². The zero-order valence-corrected chi connectivity index (χ0v) is 12.1. The minimum Gasteiger partial charge on any atom is -0.378 e. The number of nitrogens with zero attached hydrogens (tertiary/aromatic N) is 1. The molecule has 0 saturated carbocycles. The van der Waals surface area contributed by atoms with Gasteiger partial charge in [0.25, 0.3) is 0 Å². The molecule has 0 aromatic carbocycles. The summed E-state index contributed by atoms with van der Waals surface area (Å²) < 4.78 is 31.4. The zero-order chi connectivity index (χ0) is 13.2. The number of hydrogen-bond acceptors (Lipinski definition) is 4. The average molecular weight is 276 g/mol. The topological polar surface area (TPSA) is 58.6 Å². The van der Waals surface area contributed by atoms with Gasteiger partial charge in [-0.05, 0) is 33.1 Å². The summed E-state index contributed by atoms with van der Waals surface area (Å²) >= 11 is 0. The van der Waals surface area contributed by atoms with Crippen molar-refractivity contribution in [3.63, 3.8) is 0 Å². The first-order valence-electron chi connectivity index (χ1n) is 6.83. The largest absolute Gasteiger partial charge is 0.378 e. The number of hydrogen-bond donors (Lipinski definition) is 1. The monoisotopic (exact) mass is 276 g/mol. The molecule has 18 heavy (non-hydrogen) atoms. The molecule has 2 unspecified atom stereocenters. The molecule has 2 atom stereocenters. The van der Waals surface area contributed by atoms with E-state index in [1.54, 1.807) is 4.31 Å².